The van der Waals surface area contributed by atoms with Gasteiger partial charge in [-0.1, -0.05) is 36.4 Å². The molecule has 4 rings (SSSR count). The molecule has 3 fully saturated rings. The molecular formula is C26H31NO5. The van der Waals surface area contributed by atoms with Crippen molar-refractivity contribution < 1.29 is 23.9 Å². The van der Waals surface area contributed by atoms with Crippen LogP contribution >= 0.6 is 0 Å². The van der Waals surface area contributed by atoms with Crippen LogP contribution in [0.1, 0.15) is 56.9 Å². The Kier molecular flexibility index (Phi) is 7.18. The number of benzene rings is 1. The van der Waals surface area contributed by atoms with E-state index in [-0.39, 0.29) is 48.2 Å². The van der Waals surface area contributed by atoms with Crippen LogP contribution in [0.25, 0.3) is 6.08 Å². The molecular weight excluding hydrogens is 406 g/mol. The van der Waals surface area contributed by atoms with Gasteiger partial charge in [-0.15, -0.1) is 0 Å². The van der Waals surface area contributed by atoms with Gasteiger partial charge in [0.1, 0.15) is 0 Å². The topological polar surface area (TPSA) is 80.8 Å². The monoisotopic (exact) mass is 437 g/mol. The Balaban J connectivity index is 1.06. The lowest BCUT2D eigenvalue weighted by atomic mass is 9.81. The minimum atomic E-state index is -0.375. The number of fused-ring (bicyclic) bond motifs is 5. The lowest BCUT2D eigenvalue weighted by Gasteiger charge is -2.19. The summed E-state index contributed by atoms with van der Waals surface area (Å²) >= 11 is 0. The number of esters is 1. The van der Waals surface area contributed by atoms with Crippen molar-refractivity contribution >= 4 is 29.6 Å². The highest BCUT2D eigenvalue weighted by atomic mass is 16.5. The second-order valence-electron chi connectivity index (χ2n) is 9.20. The van der Waals surface area contributed by atoms with Gasteiger partial charge in [-0.2, -0.15) is 0 Å². The molecule has 6 nitrogen and oxygen atoms in total. The Bertz CT molecular complexity index is 865. The average molecular weight is 438 g/mol. The molecule has 0 spiro atoms. The number of unbranched alkanes of at least 4 members (excludes halogenated alkanes) is 2. The van der Waals surface area contributed by atoms with E-state index >= 15 is 0 Å². The summed E-state index contributed by atoms with van der Waals surface area (Å²) in [6.07, 6.45) is 8.87. The zero-order valence-electron chi connectivity index (χ0n) is 18.4. The number of ether oxygens (including phenoxy) is 1. The number of carbonyl (C=O) groups excluding carboxylic acids is 4. The number of nitrogens with zero attached hydrogens (tertiary/aromatic N) is 1. The summed E-state index contributed by atoms with van der Waals surface area (Å²) < 4.78 is 5.20. The standard InChI is InChI=1S/C26H31NO5/c28-21(12-9-18-7-3-1-4-8-18)13-14-22(29)32-16-6-2-5-15-27-25(30)23-19-10-11-20(17-19)24(23)26(27)31/h1,3-4,7-9,12,19-20,23-24H,2,5-6,10-11,13-17H2/b12-9+/t19-,20+,23+,24-. The third-order valence-corrected chi connectivity index (χ3v) is 7.14. The van der Waals surface area contributed by atoms with Gasteiger partial charge in [0.25, 0.3) is 0 Å². The molecule has 0 radical (unpaired) electrons. The van der Waals surface area contributed by atoms with Crippen molar-refractivity contribution in [3.05, 3.63) is 42.0 Å². The van der Waals surface area contributed by atoms with Crippen LogP contribution in [0.3, 0.4) is 0 Å². The first kappa shape index (κ1) is 22.4. The second kappa shape index (κ2) is 10.2. The van der Waals surface area contributed by atoms with Gasteiger partial charge in [0.05, 0.1) is 24.9 Å². The molecule has 1 heterocycles. The van der Waals surface area contributed by atoms with Crippen LogP contribution in [0.2, 0.25) is 0 Å². The Hall–Kier alpha value is -2.76. The van der Waals surface area contributed by atoms with Crippen LogP contribution in [0, 0.1) is 23.7 Å². The van der Waals surface area contributed by atoms with Gasteiger partial charge in [0, 0.05) is 13.0 Å². The van der Waals surface area contributed by atoms with Gasteiger partial charge in [0.15, 0.2) is 5.78 Å². The zero-order valence-corrected chi connectivity index (χ0v) is 18.4. The summed E-state index contributed by atoms with van der Waals surface area (Å²) in [5.41, 5.74) is 0.941. The van der Waals surface area contributed by atoms with Crippen LogP contribution in [0.4, 0.5) is 0 Å². The fraction of sp³-hybridized carbons (Fsp3) is 0.538. The molecule has 1 saturated heterocycles. The normalized spacial score (nSPS) is 26.2. The van der Waals surface area contributed by atoms with Crippen molar-refractivity contribution in [2.24, 2.45) is 23.7 Å². The molecule has 2 aliphatic carbocycles. The molecule has 3 aliphatic rings. The fourth-order valence-corrected chi connectivity index (χ4v) is 5.56. The second-order valence-corrected chi connectivity index (χ2v) is 9.20. The third kappa shape index (κ3) is 5.00. The summed E-state index contributed by atoms with van der Waals surface area (Å²) in [5.74, 6) is 0.357. The maximum atomic E-state index is 12.7. The van der Waals surface area contributed by atoms with Gasteiger partial charge in [-0.3, -0.25) is 24.1 Å². The first-order valence-electron chi connectivity index (χ1n) is 11.8. The lowest BCUT2D eigenvalue weighted by molar-refractivity contribution is -0.144. The van der Waals surface area contributed by atoms with Crippen LogP contribution in [0.5, 0.6) is 0 Å². The Morgan fingerprint density at radius 1 is 0.938 bits per heavy atom. The van der Waals surface area contributed by atoms with Crippen molar-refractivity contribution in [1.82, 2.24) is 4.90 Å². The summed E-state index contributed by atoms with van der Waals surface area (Å²) in [7, 11) is 0. The highest BCUT2D eigenvalue weighted by molar-refractivity contribution is 6.06. The highest BCUT2D eigenvalue weighted by Gasteiger charge is 2.60. The van der Waals surface area contributed by atoms with Gasteiger partial charge in [-0.25, -0.2) is 0 Å². The highest BCUT2D eigenvalue weighted by Crippen LogP contribution is 2.56. The van der Waals surface area contributed by atoms with E-state index in [4.69, 9.17) is 4.74 Å². The number of amides is 2. The number of likely N-dealkylation sites (tertiary alicyclic amines) is 1. The van der Waals surface area contributed by atoms with Crippen LogP contribution in [-0.2, 0) is 23.9 Å². The summed E-state index contributed by atoms with van der Waals surface area (Å²) in [4.78, 5) is 50.5. The molecule has 0 aromatic heterocycles. The predicted molar refractivity (Wildman–Crippen MR) is 119 cm³/mol. The molecule has 2 saturated carbocycles. The molecule has 2 bridgehead atoms. The van der Waals surface area contributed by atoms with Crippen molar-refractivity contribution in [3.8, 4) is 0 Å². The van der Waals surface area contributed by atoms with Gasteiger partial charge in [0.2, 0.25) is 11.8 Å². The van der Waals surface area contributed by atoms with E-state index in [0.29, 0.717) is 31.4 Å². The van der Waals surface area contributed by atoms with Crippen molar-refractivity contribution in [1.29, 1.82) is 0 Å². The van der Waals surface area contributed by atoms with Crippen LogP contribution in [-0.4, -0.2) is 41.6 Å². The van der Waals surface area contributed by atoms with E-state index in [9.17, 15) is 19.2 Å². The summed E-state index contributed by atoms with van der Waals surface area (Å²) in [5, 5.41) is 0. The molecule has 170 valence electrons. The quantitative estimate of drug-likeness (QED) is 0.228. The van der Waals surface area contributed by atoms with E-state index in [2.05, 4.69) is 0 Å². The number of hydrogen-bond acceptors (Lipinski definition) is 5. The number of imide groups is 1. The molecule has 6 heteroatoms. The van der Waals surface area contributed by atoms with E-state index in [1.54, 1.807) is 6.08 Å². The first-order valence-corrected chi connectivity index (χ1v) is 11.8. The maximum absolute atomic E-state index is 12.7. The Morgan fingerprint density at radius 3 is 2.31 bits per heavy atom. The van der Waals surface area contributed by atoms with Crippen molar-refractivity contribution in [2.75, 3.05) is 13.2 Å². The van der Waals surface area contributed by atoms with E-state index in [1.165, 1.54) is 11.0 Å². The lowest BCUT2D eigenvalue weighted by Crippen LogP contribution is -2.33. The van der Waals surface area contributed by atoms with Crippen molar-refractivity contribution in [3.63, 3.8) is 0 Å². The zero-order chi connectivity index (χ0) is 22.5. The minimum absolute atomic E-state index is 0.0459. The van der Waals surface area contributed by atoms with Gasteiger partial charge >= 0.3 is 5.97 Å². The first-order chi connectivity index (χ1) is 15.5. The number of hydrogen-bond donors (Lipinski definition) is 0. The van der Waals surface area contributed by atoms with Gasteiger partial charge < -0.3 is 4.74 Å². The molecule has 1 aromatic rings. The SMILES string of the molecule is O=C(/C=C/c1ccccc1)CCC(=O)OCCCCCN1C(=O)[C@@H]2[C@H]3CC[C@H](C3)[C@@H]2C1=O. The number of ketones is 1. The Labute approximate surface area is 189 Å². The van der Waals surface area contributed by atoms with Crippen LogP contribution < -0.4 is 0 Å². The molecule has 32 heavy (non-hydrogen) atoms. The molecule has 0 N–H and O–H groups in total. The third-order valence-electron chi connectivity index (χ3n) is 7.14. The van der Waals surface area contributed by atoms with Crippen LogP contribution in [0.15, 0.2) is 36.4 Å². The Morgan fingerprint density at radius 2 is 1.62 bits per heavy atom. The van der Waals surface area contributed by atoms with Crippen molar-refractivity contribution in [2.45, 2.75) is 51.4 Å². The molecule has 2 amide bonds. The number of rotatable bonds is 11. The summed E-state index contributed by atoms with van der Waals surface area (Å²) in [6.45, 7) is 0.768. The maximum Gasteiger partial charge on any atom is 0.306 e. The minimum Gasteiger partial charge on any atom is -0.466 e. The van der Waals surface area contributed by atoms with E-state index < -0.39 is 0 Å². The van der Waals surface area contributed by atoms with E-state index in [1.807, 2.05) is 30.3 Å². The average Bonchev–Trinajstić information content (AvgIpc) is 3.48. The number of carbonyl (C=O) groups is 4. The predicted octanol–water partition coefficient (Wildman–Crippen LogP) is 3.79. The van der Waals surface area contributed by atoms with E-state index in [0.717, 1.165) is 37.7 Å². The fourth-order valence-electron chi connectivity index (χ4n) is 5.56. The molecule has 0 unspecified atom stereocenters. The summed E-state index contributed by atoms with van der Waals surface area (Å²) in [6, 6.07) is 9.52. The molecule has 1 aromatic carbocycles. The molecule has 1 aliphatic heterocycles. The molecule has 4 atom stereocenters. The smallest absolute Gasteiger partial charge is 0.306 e. The largest absolute Gasteiger partial charge is 0.466 e. The van der Waals surface area contributed by atoms with Gasteiger partial charge in [-0.05, 0) is 62.0 Å². The number of allylic oxidation sites excluding steroid dienone is 1.